The van der Waals surface area contributed by atoms with Crippen LogP contribution in [0.4, 0.5) is 0 Å². The van der Waals surface area contributed by atoms with Crippen molar-refractivity contribution in [3.63, 3.8) is 0 Å². The number of piperidine rings is 1. The Kier molecular flexibility index (Phi) is 4.22. The third-order valence-electron chi connectivity index (χ3n) is 4.10. The molecule has 2 amide bonds. The molecule has 5 heteroatoms. The Morgan fingerprint density at radius 2 is 1.89 bits per heavy atom. The van der Waals surface area contributed by atoms with Crippen molar-refractivity contribution in [1.29, 1.82) is 0 Å². The number of carbonyl (C=O) groups is 2. The van der Waals surface area contributed by atoms with Gasteiger partial charge in [0.2, 0.25) is 11.8 Å². The van der Waals surface area contributed by atoms with E-state index in [4.69, 9.17) is 0 Å². The number of nitrogens with one attached hydrogen (secondary N) is 2. The van der Waals surface area contributed by atoms with Crippen LogP contribution in [0.1, 0.15) is 33.1 Å². The summed E-state index contributed by atoms with van der Waals surface area (Å²) in [7, 11) is 0. The molecule has 2 N–H and O–H groups in total. The van der Waals surface area contributed by atoms with Gasteiger partial charge in [0.1, 0.15) is 0 Å². The lowest BCUT2D eigenvalue weighted by Crippen LogP contribution is -2.51. The number of likely N-dealkylation sites (tertiary alicyclic amines) is 1. The van der Waals surface area contributed by atoms with E-state index in [1.807, 2.05) is 4.90 Å². The zero-order valence-electron chi connectivity index (χ0n) is 11.2. The van der Waals surface area contributed by atoms with E-state index in [0.717, 1.165) is 38.9 Å². The van der Waals surface area contributed by atoms with Gasteiger partial charge in [-0.1, -0.05) is 6.92 Å². The number of rotatable bonds is 2. The standard InChI is InChI=1S/C13H23N3O2/c1-9-3-6-14-12(9)13(18)15-11-4-7-16(8-5-11)10(2)17/h9,11-12,14H,3-8H2,1-2H3,(H,15,18). The third-order valence-corrected chi connectivity index (χ3v) is 4.10. The fourth-order valence-electron chi connectivity index (χ4n) is 2.82. The van der Waals surface area contributed by atoms with E-state index in [1.54, 1.807) is 6.92 Å². The smallest absolute Gasteiger partial charge is 0.237 e. The van der Waals surface area contributed by atoms with Gasteiger partial charge < -0.3 is 15.5 Å². The van der Waals surface area contributed by atoms with Crippen molar-refractivity contribution >= 4 is 11.8 Å². The Hall–Kier alpha value is -1.10. The first-order valence-corrected chi connectivity index (χ1v) is 6.87. The van der Waals surface area contributed by atoms with E-state index in [2.05, 4.69) is 17.6 Å². The third kappa shape index (κ3) is 3.02. The van der Waals surface area contributed by atoms with Crippen molar-refractivity contribution < 1.29 is 9.59 Å². The van der Waals surface area contributed by atoms with Gasteiger partial charge in [0.15, 0.2) is 0 Å². The van der Waals surface area contributed by atoms with E-state index < -0.39 is 0 Å². The fourth-order valence-corrected chi connectivity index (χ4v) is 2.82. The van der Waals surface area contributed by atoms with Crippen LogP contribution >= 0.6 is 0 Å². The molecule has 2 rings (SSSR count). The summed E-state index contributed by atoms with van der Waals surface area (Å²) < 4.78 is 0. The molecule has 2 aliphatic heterocycles. The first kappa shape index (κ1) is 13.3. The van der Waals surface area contributed by atoms with E-state index in [-0.39, 0.29) is 23.9 Å². The first-order chi connectivity index (χ1) is 8.58. The maximum absolute atomic E-state index is 12.1. The summed E-state index contributed by atoms with van der Waals surface area (Å²) in [5.41, 5.74) is 0. The van der Waals surface area contributed by atoms with Gasteiger partial charge >= 0.3 is 0 Å². The zero-order valence-corrected chi connectivity index (χ0v) is 11.2. The van der Waals surface area contributed by atoms with Crippen LogP contribution in [0.25, 0.3) is 0 Å². The largest absolute Gasteiger partial charge is 0.352 e. The normalized spacial score (nSPS) is 29.3. The SMILES string of the molecule is CC(=O)N1CCC(NC(=O)C2NCCC2C)CC1. The zero-order chi connectivity index (χ0) is 13.1. The van der Waals surface area contributed by atoms with Crippen molar-refractivity contribution in [2.45, 2.75) is 45.2 Å². The Morgan fingerprint density at radius 1 is 1.22 bits per heavy atom. The topological polar surface area (TPSA) is 61.4 Å². The number of carbonyl (C=O) groups excluding carboxylic acids is 2. The Labute approximate surface area is 108 Å². The summed E-state index contributed by atoms with van der Waals surface area (Å²) in [6, 6.07) is 0.193. The second-order valence-corrected chi connectivity index (χ2v) is 5.49. The molecule has 0 aromatic carbocycles. The maximum atomic E-state index is 12.1. The van der Waals surface area contributed by atoms with Gasteiger partial charge in [-0.25, -0.2) is 0 Å². The predicted octanol–water partition coefficient (Wildman–Crippen LogP) is 0.112. The maximum Gasteiger partial charge on any atom is 0.237 e. The molecule has 0 bridgehead atoms. The molecule has 0 aliphatic carbocycles. The molecule has 2 aliphatic rings. The van der Waals surface area contributed by atoms with Gasteiger partial charge in [0, 0.05) is 26.1 Å². The highest BCUT2D eigenvalue weighted by Gasteiger charge is 2.31. The summed E-state index contributed by atoms with van der Waals surface area (Å²) in [6.07, 6.45) is 2.81. The minimum absolute atomic E-state index is 0.0316. The molecule has 5 nitrogen and oxygen atoms in total. The second-order valence-electron chi connectivity index (χ2n) is 5.49. The van der Waals surface area contributed by atoms with Crippen molar-refractivity contribution in [1.82, 2.24) is 15.5 Å². The molecule has 0 spiro atoms. The van der Waals surface area contributed by atoms with Gasteiger partial charge in [-0.2, -0.15) is 0 Å². The monoisotopic (exact) mass is 253 g/mol. The molecule has 0 saturated carbocycles. The van der Waals surface area contributed by atoms with Crippen molar-refractivity contribution in [3.8, 4) is 0 Å². The molecule has 2 atom stereocenters. The second kappa shape index (κ2) is 5.69. The lowest BCUT2D eigenvalue weighted by molar-refractivity contribution is -0.130. The van der Waals surface area contributed by atoms with Crippen LogP contribution in [-0.2, 0) is 9.59 Å². The van der Waals surface area contributed by atoms with Gasteiger partial charge in [0.25, 0.3) is 0 Å². The summed E-state index contributed by atoms with van der Waals surface area (Å²) in [6.45, 7) is 6.16. The van der Waals surface area contributed by atoms with E-state index in [0.29, 0.717) is 5.92 Å². The molecule has 2 heterocycles. The first-order valence-electron chi connectivity index (χ1n) is 6.87. The molecule has 0 aromatic rings. The molecule has 18 heavy (non-hydrogen) atoms. The van der Waals surface area contributed by atoms with E-state index in [1.165, 1.54) is 0 Å². The highest BCUT2D eigenvalue weighted by Crippen LogP contribution is 2.16. The van der Waals surface area contributed by atoms with Gasteiger partial charge in [-0.15, -0.1) is 0 Å². The molecule has 2 fully saturated rings. The summed E-state index contributed by atoms with van der Waals surface area (Å²) in [4.78, 5) is 25.1. The van der Waals surface area contributed by atoms with Gasteiger partial charge in [-0.3, -0.25) is 9.59 Å². The summed E-state index contributed by atoms with van der Waals surface area (Å²) in [5.74, 6) is 0.675. The molecule has 2 unspecified atom stereocenters. The number of nitrogens with zero attached hydrogens (tertiary/aromatic N) is 1. The van der Waals surface area contributed by atoms with Crippen LogP contribution in [-0.4, -0.2) is 48.4 Å². The van der Waals surface area contributed by atoms with Crippen LogP contribution in [0.2, 0.25) is 0 Å². The number of hydrogen-bond acceptors (Lipinski definition) is 3. The minimum atomic E-state index is -0.0316. The van der Waals surface area contributed by atoms with Crippen LogP contribution in [0, 0.1) is 5.92 Å². The molecule has 102 valence electrons. The summed E-state index contributed by atoms with van der Waals surface area (Å²) >= 11 is 0. The Bertz CT molecular complexity index is 324. The molecular formula is C13H23N3O2. The summed E-state index contributed by atoms with van der Waals surface area (Å²) in [5, 5.41) is 6.36. The van der Waals surface area contributed by atoms with E-state index >= 15 is 0 Å². The highest BCUT2D eigenvalue weighted by molar-refractivity contribution is 5.82. The van der Waals surface area contributed by atoms with Crippen molar-refractivity contribution in [3.05, 3.63) is 0 Å². The van der Waals surface area contributed by atoms with Gasteiger partial charge in [-0.05, 0) is 31.7 Å². The van der Waals surface area contributed by atoms with Gasteiger partial charge in [0.05, 0.1) is 6.04 Å². The Balaban J connectivity index is 1.77. The predicted molar refractivity (Wildman–Crippen MR) is 69.0 cm³/mol. The quantitative estimate of drug-likeness (QED) is 0.734. The lowest BCUT2D eigenvalue weighted by Gasteiger charge is -2.32. The van der Waals surface area contributed by atoms with Crippen molar-refractivity contribution in [2.75, 3.05) is 19.6 Å². The highest BCUT2D eigenvalue weighted by atomic mass is 16.2. The fraction of sp³-hybridized carbons (Fsp3) is 0.846. The minimum Gasteiger partial charge on any atom is -0.352 e. The van der Waals surface area contributed by atoms with Crippen LogP contribution in [0.3, 0.4) is 0 Å². The number of amides is 2. The van der Waals surface area contributed by atoms with Crippen LogP contribution in [0.5, 0.6) is 0 Å². The average molecular weight is 253 g/mol. The lowest BCUT2D eigenvalue weighted by atomic mass is 10.0. The Morgan fingerprint density at radius 3 is 2.39 bits per heavy atom. The van der Waals surface area contributed by atoms with Crippen molar-refractivity contribution in [2.24, 2.45) is 5.92 Å². The van der Waals surface area contributed by atoms with Crippen LogP contribution < -0.4 is 10.6 Å². The molecule has 0 radical (unpaired) electrons. The molecule has 2 saturated heterocycles. The van der Waals surface area contributed by atoms with E-state index in [9.17, 15) is 9.59 Å². The molecule has 0 aromatic heterocycles. The average Bonchev–Trinajstić information content (AvgIpc) is 2.76. The van der Waals surface area contributed by atoms with Crippen LogP contribution in [0.15, 0.2) is 0 Å². The number of hydrogen-bond donors (Lipinski definition) is 2. The molecular weight excluding hydrogens is 230 g/mol.